The second-order valence-electron chi connectivity index (χ2n) is 5.73. The number of rotatable bonds is 5. The standard InChI is InChI=1S/C14H16F3IO6/c1-2-8(18)13(21)24-10-3-6(7-4-9(10)23-12(7)20)11(19)22-5-14(15,16)17/h6-10H,2-5H2,1H3. The molecule has 0 spiro atoms. The highest BCUT2D eigenvalue weighted by Crippen LogP contribution is 2.41. The van der Waals surface area contributed by atoms with Gasteiger partial charge in [0.25, 0.3) is 0 Å². The third-order valence-electron chi connectivity index (χ3n) is 4.01. The Hall–Kier alpha value is -1.07. The summed E-state index contributed by atoms with van der Waals surface area (Å²) in [5.41, 5.74) is 0. The molecule has 1 heterocycles. The van der Waals surface area contributed by atoms with E-state index in [4.69, 9.17) is 9.47 Å². The summed E-state index contributed by atoms with van der Waals surface area (Å²) in [4.78, 5) is 35.6. The summed E-state index contributed by atoms with van der Waals surface area (Å²) < 4.78 is 50.8. The van der Waals surface area contributed by atoms with E-state index in [1.807, 2.05) is 22.6 Å². The van der Waals surface area contributed by atoms with E-state index in [-0.39, 0.29) is 12.8 Å². The molecule has 0 N–H and O–H groups in total. The second kappa shape index (κ2) is 7.44. The first kappa shape index (κ1) is 19.3. The van der Waals surface area contributed by atoms with Crippen molar-refractivity contribution < 1.29 is 41.8 Å². The Kier molecular flexibility index (Phi) is 5.97. The molecule has 5 atom stereocenters. The molecule has 10 heteroatoms. The van der Waals surface area contributed by atoms with Crippen molar-refractivity contribution in [2.75, 3.05) is 6.61 Å². The van der Waals surface area contributed by atoms with Crippen LogP contribution in [0.25, 0.3) is 0 Å². The summed E-state index contributed by atoms with van der Waals surface area (Å²) in [6.45, 7) is 0.0752. The van der Waals surface area contributed by atoms with Crippen LogP contribution in [0.5, 0.6) is 0 Å². The van der Waals surface area contributed by atoms with Crippen LogP contribution in [0.4, 0.5) is 13.2 Å². The summed E-state index contributed by atoms with van der Waals surface area (Å²) in [7, 11) is 0. The van der Waals surface area contributed by atoms with Crippen molar-refractivity contribution in [3.63, 3.8) is 0 Å². The van der Waals surface area contributed by atoms with E-state index < -0.39 is 58.7 Å². The molecule has 1 aliphatic heterocycles. The number of hydrogen-bond donors (Lipinski definition) is 0. The number of halogens is 4. The maximum absolute atomic E-state index is 12.2. The molecule has 2 aliphatic rings. The van der Waals surface area contributed by atoms with Gasteiger partial charge in [-0.05, 0) is 6.42 Å². The van der Waals surface area contributed by atoms with E-state index in [0.29, 0.717) is 6.42 Å². The molecule has 0 radical (unpaired) electrons. The maximum atomic E-state index is 12.2. The Labute approximate surface area is 149 Å². The van der Waals surface area contributed by atoms with Crippen molar-refractivity contribution in [2.24, 2.45) is 11.8 Å². The van der Waals surface area contributed by atoms with Gasteiger partial charge in [-0.2, -0.15) is 13.2 Å². The third kappa shape index (κ3) is 4.51. The Balaban J connectivity index is 2.04. The minimum atomic E-state index is -4.65. The van der Waals surface area contributed by atoms with Gasteiger partial charge in [0.2, 0.25) is 0 Å². The Morgan fingerprint density at radius 2 is 2.04 bits per heavy atom. The molecular weight excluding hydrogens is 448 g/mol. The lowest BCUT2D eigenvalue weighted by molar-refractivity contribution is -0.192. The first-order valence-corrected chi connectivity index (χ1v) is 8.65. The number of esters is 3. The number of alkyl halides is 4. The summed E-state index contributed by atoms with van der Waals surface area (Å²) in [5, 5.41) is 0. The summed E-state index contributed by atoms with van der Waals surface area (Å²) >= 11 is 1.90. The molecule has 0 aromatic heterocycles. The van der Waals surface area contributed by atoms with Crippen LogP contribution < -0.4 is 0 Å². The number of carbonyl (C=O) groups is 3. The van der Waals surface area contributed by atoms with E-state index in [2.05, 4.69) is 4.74 Å². The average molecular weight is 464 g/mol. The van der Waals surface area contributed by atoms with Crippen LogP contribution in [-0.2, 0) is 28.6 Å². The van der Waals surface area contributed by atoms with Crippen LogP contribution in [0.1, 0.15) is 26.2 Å². The molecule has 6 nitrogen and oxygen atoms in total. The molecule has 1 aliphatic carbocycles. The van der Waals surface area contributed by atoms with E-state index in [9.17, 15) is 27.6 Å². The predicted octanol–water partition coefficient (Wildman–Crippen LogP) is 2.17. The fourth-order valence-electron chi connectivity index (χ4n) is 2.79. The van der Waals surface area contributed by atoms with Crippen molar-refractivity contribution in [1.82, 2.24) is 0 Å². The SMILES string of the molecule is CCC(I)C(=O)OC1CC(C(=O)OCC(F)(F)F)C2CC1OC2=O. The van der Waals surface area contributed by atoms with Gasteiger partial charge in [0.1, 0.15) is 16.1 Å². The summed E-state index contributed by atoms with van der Waals surface area (Å²) in [6.07, 6.45) is -5.59. The number of fused-ring (bicyclic) bond motifs is 2. The molecule has 2 rings (SSSR count). The van der Waals surface area contributed by atoms with Gasteiger partial charge in [-0.25, -0.2) is 0 Å². The normalized spacial score (nSPS) is 30.5. The predicted molar refractivity (Wildman–Crippen MR) is 81.1 cm³/mol. The molecule has 2 fully saturated rings. The molecule has 0 aromatic rings. The maximum Gasteiger partial charge on any atom is 0.422 e. The van der Waals surface area contributed by atoms with Crippen LogP contribution in [0, 0.1) is 11.8 Å². The van der Waals surface area contributed by atoms with Crippen LogP contribution in [0.2, 0.25) is 0 Å². The van der Waals surface area contributed by atoms with Gasteiger partial charge >= 0.3 is 24.1 Å². The van der Waals surface area contributed by atoms with Crippen molar-refractivity contribution in [1.29, 1.82) is 0 Å². The topological polar surface area (TPSA) is 78.9 Å². The zero-order valence-electron chi connectivity index (χ0n) is 12.7. The molecule has 1 saturated heterocycles. The van der Waals surface area contributed by atoms with Crippen molar-refractivity contribution in [3.8, 4) is 0 Å². The third-order valence-corrected chi connectivity index (χ3v) is 5.40. The quantitative estimate of drug-likeness (QED) is 0.269. The number of hydrogen-bond acceptors (Lipinski definition) is 6. The Morgan fingerprint density at radius 1 is 1.38 bits per heavy atom. The monoisotopic (exact) mass is 464 g/mol. The molecule has 0 amide bonds. The lowest BCUT2D eigenvalue weighted by atomic mass is 9.78. The minimum Gasteiger partial charge on any atom is -0.458 e. The molecule has 1 saturated carbocycles. The first-order chi connectivity index (χ1) is 11.1. The van der Waals surface area contributed by atoms with Gasteiger partial charge in [-0.15, -0.1) is 0 Å². The van der Waals surface area contributed by atoms with Crippen molar-refractivity contribution in [3.05, 3.63) is 0 Å². The number of carbonyl (C=O) groups excluding carboxylic acids is 3. The molecule has 136 valence electrons. The fourth-order valence-corrected chi connectivity index (χ4v) is 2.93. The highest BCUT2D eigenvalue weighted by Gasteiger charge is 2.53. The zero-order valence-corrected chi connectivity index (χ0v) is 14.8. The fraction of sp³-hybridized carbons (Fsp3) is 0.786. The largest absolute Gasteiger partial charge is 0.458 e. The van der Waals surface area contributed by atoms with Gasteiger partial charge in [0, 0.05) is 12.8 Å². The highest BCUT2D eigenvalue weighted by molar-refractivity contribution is 14.1. The van der Waals surface area contributed by atoms with Crippen LogP contribution in [0.15, 0.2) is 0 Å². The Morgan fingerprint density at radius 3 is 2.62 bits per heavy atom. The van der Waals surface area contributed by atoms with Crippen LogP contribution in [-0.4, -0.2) is 46.8 Å². The van der Waals surface area contributed by atoms with E-state index in [1.54, 1.807) is 6.92 Å². The van der Waals surface area contributed by atoms with Gasteiger partial charge < -0.3 is 14.2 Å². The summed E-state index contributed by atoms with van der Waals surface area (Å²) in [5.74, 6) is -4.27. The second-order valence-corrected chi connectivity index (χ2v) is 7.24. The molecule has 0 aromatic carbocycles. The van der Waals surface area contributed by atoms with E-state index in [1.165, 1.54) is 0 Å². The smallest absolute Gasteiger partial charge is 0.422 e. The molecule has 5 unspecified atom stereocenters. The Bertz CT molecular complexity index is 523. The first-order valence-electron chi connectivity index (χ1n) is 7.40. The lowest BCUT2D eigenvalue weighted by Crippen LogP contribution is -2.42. The highest BCUT2D eigenvalue weighted by atomic mass is 127. The molecule has 24 heavy (non-hydrogen) atoms. The average Bonchev–Trinajstić information content (AvgIpc) is 2.83. The molecular formula is C14H16F3IO6. The van der Waals surface area contributed by atoms with E-state index in [0.717, 1.165) is 0 Å². The molecule has 2 bridgehead atoms. The van der Waals surface area contributed by atoms with Crippen LogP contribution >= 0.6 is 22.6 Å². The van der Waals surface area contributed by atoms with Crippen LogP contribution in [0.3, 0.4) is 0 Å². The number of ether oxygens (including phenoxy) is 3. The minimum absolute atomic E-state index is 0.0867. The van der Waals surface area contributed by atoms with Gasteiger partial charge in [-0.1, -0.05) is 29.5 Å². The van der Waals surface area contributed by atoms with Crippen molar-refractivity contribution in [2.45, 2.75) is 48.5 Å². The van der Waals surface area contributed by atoms with Crippen molar-refractivity contribution >= 4 is 40.5 Å². The summed E-state index contributed by atoms with van der Waals surface area (Å²) in [6, 6.07) is 0. The van der Waals surface area contributed by atoms with E-state index >= 15 is 0 Å². The zero-order chi connectivity index (χ0) is 18.1. The van der Waals surface area contributed by atoms with Gasteiger partial charge in [-0.3, -0.25) is 14.4 Å². The van der Waals surface area contributed by atoms with Gasteiger partial charge in [0.15, 0.2) is 6.61 Å². The lowest BCUT2D eigenvalue weighted by Gasteiger charge is -2.30. The van der Waals surface area contributed by atoms with Gasteiger partial charge in [0.05, 0.1) is 11.8 Å².